The predicted octanol–water partition coefficient (Wildman–Crippen LogP) is 2.65. The van der Waals surface area contributed by atoms with E-state index in [2.05, 4.69) is 29.3 Å². The third-order valence-electron chi connectivity index (χ3n) is 1.51. The van der Waals surface area contributed by atoms with Gasteiger partial charge in [0, 0.05) is 0 Å². The second kappa shape index (κ2) is 4.39. The normalized spacial score (nSPS) is 31.1. The van der Waals surface area contributed by atoms with Crippen LogP contribution in [0.15, 0.2) is 29.3 Å². The van der Waals surface area contributed by atoms with Gasteiger partial charge in [-0.2, -0.15) is 0 Å². The molecule has 2 rings (SSSR count). The lowest BCUT2D eigenvalue weighted by Crippen LogP contribution is -2.13. The van der Waals surface area contributed by atoms with E-state index in [0.29, 0.717) is 11.3 Å². The van der Waals surface area contributed by atoms with Crippen LogP contribution in [0.25, 0.3) is 0 Å². The lowest BCUT2D eigenvalue weighted by molar-refractivity contribution is 0.864. The Morgan fingerprint density at radius 2 is 1.91 bits per heavy atom. The monoisotopic (exact) mass is 167 g/mol. The van der Waals surface area contributed by atoms with E-state index in [1.807, 2.05) is 19.4 Å². The van der Waals surface area contributed by atoms with Crippen molar-refractivity contribution in [3.05, 3.63) is 24.3 Å². The van der Waals surface area contributed by atoms with E-state index in [1.165, 1.54) is 0 Å². The number of thioether (sulfide) groups is 1. The second-order valence-electron chi connectivity index (χ2n) is 2.12. The Kier molecular flexibility index (Phi) is 3.43. The number of hydrogen-bond acceptors (Lipinski definition) is 2. The quantitative estimate of drug-likeness (QED) is 0.540. The Bertz CT molecular complexity index is 194. The molecule has 0 bridgehead atoms. The number of hydrogen-bond donors (Lipinski definition) is 0. The molecule has 0 N–H and O–H groups in total. The maximum absolute atomic E-state index is 4.26. The lowest BCUT2D eigenvalue weighted by atomic mass is 10.1. The smallest absolute Gasteiger partial charge is 0.0846 e. The van der Waals surface area contributed by atoms with Crippen molar-refractivity contribution in [1.29, 1.82) is 0 Å². The summed E-state index contributed by atoms with van der Waals surface area (Å²) in [7, 11) is 0. The van der Waals surface area contributed by atoms with E-state index in [-0.39, 0.29) is 0 Å². The number of aliphatic imine (C=N–C) groups is 1. The lowest BCUT2D eigenvalue weighted by Gasteiger charge is -2.10. The van der Waals surface area contributed by atoms with E-state index in [9.17, 15) is 0 Å². The van der Waals surface area contributed by atoms with Crippen molar-refractivity contribution < 1.29 is 0 Å². The molecule has 0 spiro atoms. The van der Waals surface area contributed by atoms with Crippen molar-refractivity contribution in [2.45, 2.75) is 25.1 Å². The molecule has 0 radical (unpaired) electrons. The van der Waals surface area contributed by atoms with Gasteiger partial charge in [0.2, 0.25) is 0 Å². The zero-order valence-electron chi connectivity index (χ0n) is 6.90. The van der Waals surface area contributed by atoms with Gasteiger partial charge >= 0.3 is 0 Å². The zero-order chi connectivity index (χ0) is 8.10. The third-order valence-corrected chi connectivity index (χ3v) is 2.50. The van der Waals surface area contributed by atoms with E-state index in [4.69, 9.17) is 0 Å². The third kappa shape index (κ3) is 1.96. The van der Waals surface area contributed by atoms with Crippen LogP contribution in [0.1, 0.15) is 13.8 Å². The van der Waals surface area contributed by atoms with Crippen molar-refractivity contribution in [3.63, 3.8) is 0 Å². The Morgan fingerprint density at radius 3 is 2.64 bits per heavy atom. The summed E-state index contributed by atoms with van der Waals surface area (Å²) in [4.78, 5) is 4.26. The van der Waals surface area contributed by atoms with Gasteiger partial charge in [0.05, 0.1) is 16.8 Å². The van der Waals surface area contributed by atoms with Crippen molar-refractivity contribution >= 4 is 17.3 Å². The molecule has 2 unspecified atom stereocenters. The molecule has 60 valence electrons. The summed E-state index contributed by atoms with van der Waals surface area (Å²) in [6.45, 7) is 4.00. The van der Waals surface area contributed by atoms with Crippen LogP contribution in [0, 0.1) is 0 Å². The van der Waals surface area contributed by atoms with Crippen LogP contribution in [-0.2, 0) is 0 Å². The molecule has 11 heavy (non-hydrogen) atoms. The molecular formula is C9H13NS. The second-order valence-corrected chi connectivity index (χ2v) is 3.14. The molecule has 2 aliphatic rings. The number of allylic oxidation sites excluding steroid dienone is 2. The van der Waals surface area contributed by atoms with Crippen LogP contribution in [0.4, 0.5) is 0 Å². The molecule has 0 aromatic rings. The molecule has 1 nitrogen and oxygen atoms in total. The van der Waals surface area contributed by atoms with Gasteiger partial charge in [0.15, 0.2) is 0 Å². The molecule has 1 aliphatic heterocycles. The predicted molar refractivity (Wildman–Crippen MR) is 53.3 cm³/mol. The topological polar surface area (TPSA) is 12.4 Å². The molecule has 0 amide bonds. The van der Waals surface area contributed by atoms with Crippen molar-refractivity contribution in [1.82, 2.24) is 0 Å². The molecule has 0 aromatic carbocycles. The largest absolute Gasteiger partial charge is 0.277 e. The minimum Gasteiger partial charge on any atom is -0.277 e. The van der Waals surface area contributed by atoms with Crippen LogP contribution in [0.2, 0.25) is 0 Å². The van der Waals surface area contributed by atoms with Crippen molar-refractivity contribution in [2.24, 2.45) is 4.99 Å². The van der Waals surface area contributed by atoms with E-state index in [0.717, 1.165) is 0 Å². The highest BCUT2D eigenvalue weighted by Gasteiger charge is 2.20. The number of fused-ring (bicyclic) bond motifs is 1. The van der Waals surface area contributed by atoms with Crippen molar-refractivity contribution in [3.8, 4) is 0 Å². The highest BCUT2D eigenvalue weighted by Crippen LogP contribution is 2.25. The van der Waals surface area contributed by atoms with Gasteiger partial charge in [-0.25, -0.2) is 0 Å². The number of nitrogens with zero attached hydrogens (tertiary/aromatic N) is 1. The van der Waals surface area contributed by atoms with Gasteiger partial charge in [-0.15, -0.1) is 11.8 Å². The Morgan fingerprint density at radius 1 is 1.18 bits per heavy atom. The summed E-state index contributed by atoms with van der Waals surface area (Å²) in [6.07, 6.45) is 8.48. The Hall–Kier alpha value is -0.500. The molecular weight excluding hydrogens is 154 g/mol. The van der Waals surface area contributed by atoms with Crippen molar-refractivity contribution in [2.75, 3.05) is 0 Å². The minimum absolute atomic E-state index is 0.431. The van der Waals surface area contributed by atoms with Gasteiger partial charge in [0.25, 0.3) is 0 Å². The highest BCUT2D eigenvalue weighted by molar-refractivity contribution is 8.13. The van der Waals surface area contributed by atoms with Crippen LogP contribution < -0.4 is 0 Å². The van der Waals surface area contributed by atoms with Gasteiger partial charge < -0.3 is 0 Å². The first-order valence-electron chi connectivity index (χ1n) is 3.99. The number of rotatable bonds is 0. The molecule has 1 aliphatic carbocycles. The van der Waals surface area contributed by atoms with Crippen LogP contribution >= 0.6 is 11.8 Å². The first kappa shape index (κ1) is 8.60. The summed E-state index contributed by atoms with van der Waals surface area (Å²) in [5.74, 6) is 0. The Balaban J connectivity index is 0.000000281. The first-order valence-corrected chi connectivity index (χ1v) is 4.93. The minimum atomic E-state index is 0.431. The molecule has 1 heterocycles. The molecule has 0 saturated heterocycles. The van der Waals surface area contributed by atoms with Gasteiger partial charge in [-0.3, -0.25) is 4.99 Å². The highest BCUT2D eigenvalue weighted by atomic mass is 32.2. The summed E-state index contributed by atoms with van der Waals surface area (Å²) < 4.78 is 0. The maximum atomic E-state index is 4.26. The summed E-state index contributed by atoms with van der Waals surface area (Å²) >= 11 is 1.80. The zero-order valence-corrected chi connectivity index (χ0v) is 7.71. The van der Waals surface area contributed by atoms with E-state index >= 15 is 0 Å². The van der Waals surface area contributed by atoms with E-state index in [1.54, 1.807) is 11.8 Å². The van der Waals surface area contributed by atoms with Crippen LogP contribution in [-0.4, -0.2) is 16.8 Å². The molecule has 0 aromatic heterocycles. The summed E-state index contributed by atoms with van der Waals surface area (Å²) in [5, 5.41) is 0.593. The van der Waals surface area contributed by atoms with Crippen LogP contribution in [0.3, 0.4) is 0 Å². The Labute approximate surface area is 72.3 Å². The standard InChI is InChI=1S/C7H7NS.C2H6/c1-2-4-7-6(3-1)8-5-9-7;1-2/h1-7H;1-2H3. The average Bonchev–Trinajstić information content (AvgIpc) is 2.55. The van der Waals surface area contributed by atoms with E-state index < -0.39 is 0 Å². The maximum Gasteiger partial charge on any atom is 0.0846 e. The SMILES string of the molecule is C1=CC2N=CSC2C=C1.CC. The molecule has 2 heteroatoms. The molecule has 0 fully saturated rings. The first-order chi connectivity index (χ1) is 5.47. The average molecular weight is 167 g/mol. The van der Waals surface area contributed by atoms with Gasteiger partial charge in [-0.05, 0) is 0 Å². The van der Waals surface area contributed by atoms with Gasteiger partial charge in [0.1, 0.15) is 0 Å². The van der Waals surface area contributed by atoms with Crippen LogP contribution in [0.5, 0.6) is 0 Å². The fourth-order valence-electron chi connectivity index (χ4n) is 1.01. The molecule has 0 saturated carbocycles. The fraction of sp³-hybridized carbons (Fsp3) is 0.444. The summed E-state index contributed by atoms with van der Waals surface area (Å²) in [5.41, 5.74) is 1.94. The fourth-order valence-corrected chi connectivity index (χ4v) is 1.87. The molecule has 2 atom stereocenters. The summed E-state index contributed by atoms with van der Waals surface area (Å²) in [6, 6.07) is 0.431. The van der Waals surface area contributed by atoms with Gasteiger partial charge in [-0.1, -0.05) is 38.2 Å².